The third-order valence-electron chi connectivity index (χ3n) is 4.00. The van der Waals surface area contributed by atoms with Gasteiger partial charge in [-0.2, -0.15) is 0 Å². The van der Waals surface area contributed by atoms with Gasteiger partial charge in [-0.3, -0.25) is 9.88 Å². The molecule has 1 aromatic heterocycles. The molecule has 2 aromatic rings. The number of hydrogen-bond acceptors (Lipinski definition) is 3. The van der Waals surface area contributed by atoms with E-state index in [2.05, 4.69) is 42.1 Å². The van der Waals surface area contributed by atoms with Crippen molar-refractivity contribution in [2.75, 3.05) is 13.6 Å². The van der Waals surface area contributed by atoms with Crippen LogP contribution >= 0.6 is 11.6 Å². The van der Waals surface area contributed by atoms with E-state index in [0.29, 0.717) is 6.54 Å². The summed E-state index contributed by atoms with van der Waals surface area (Å²) in [7, 11) is 2.09. The molecule has 3 nitrogen and oxygen atoms in total. The number of aryl methyl sites for hydroxylation is 1. The zero-order valence-electron chi connectivity index (χ0n) is 12.8. The van der Waals surface area contributed by atoms with Crippen LogP contribution in [0.3, 0.4) is 0 Å². The van der Waals surface area contributed by atoms with Gasteiger partial charge in [0.05, 0.1) is 0 Å². The minimum absolute atomic E-state index is 0.142. The lowest BCUT2D eigenvalue weighted by Gasteiger charge is -2.33. The van der Waals surface area contributed by atoms with E-state index in [9.17, 15) is 0 Å². The second kappa shape index (κ2) is 7.03. The number of pyridine rings is 1. The SMILES string of the molecule is Cc1ccc(C(CN)N(C)C(C)c2ccc(Cl)cc2)cn1. The summed E-state index contributed by atoms with van der Waals surface area (Å²) in [6.07, 6.45) is 1.91. The van der Waals surface area contributed by atoms with Crippen LogP contribution in [-0.4, -0.2) is 23.5 Å². The average molecular weight is 304 g/mol. The maximum Gasteiger partial charge on any atom is 0.0488 e. The Balaban J connectivity index is 2.21. The third-order valence-corrected chi connectivity index (χ3v) is 4.25. The van der Waals surface area contributed by atoms with Gasteiger partial charge in [0.25, 0.3) is 0 Å². The molecule has 112 valence electrons. The molecule has 2 N–H and O–H groups in total. The standard InChI is InChI=1S/C17H22ClN3/c1-12-4-5-15(11-20-12)17(10-19)21(3)13(2)14-6-8-16(18)9-7-14/h4-9,11,13,17H,10,19H2,1-3H3. The molecule has 0 spiro atoms. The van der Waals surface area contributed by atoms with Crippen molar-refractivity contribution in [2.45, 2.75) is 25.9 Å². The van der Waals surface area contributed by atoms with Gasteiger partial charge in [-0.05, 0) is 50.2 Å². The molecular weight excluding hydrogens is 282 g/mol. The van der Waals surface area contributed by atoms with Gasteiger partial charge in [-0.25, -0.2) is 0 Å². The molecule has 0 fully saturated rings. The van der Waals surface area contributed by atoms with E-state index in [1.54, 1.807) is 0 Å². The highest BCUT2D eigenvalue weighted by atomic mass is 35.5. The summed E-state index contributed by atoms with van der Waals surface area (Å²) in [5.74, 6) is 0. The van der Waals surface area contributed by atoms with Crippen molar-refractivity contribution >= 4 is 11.6 Å². The molecule has 0 radical (unpaired) electrons. The number of aromatic nitrogens is 1. The van der Waals surface area contributed by atoms with Crippen molar-refractivity contribution in [1.29, 1.82) is 0 Å². The molecule has 21 heavy (non-hydrogen) atoms. The van der Waals surface area contributed by atoms with Gasteiger partial charge < -0.3 is 5.73 Å². The third kappa shape index (κ3) is 3.82. The lowest BCUT2D eigenvalue weighted by molar-refractivity contribution is 0.190. The molecule has 0 saturated carbocycles. The summed E-state index contributed by atoms with van der Waals surface area (Å²) >= 11 is 5.95. The van der Waals surface area contributed by atoms with E-state index in [0.717, 1.165) is 16.3 Å². The topological polar surface area (TPSA) is 42.1 Å². The molecule has 4 heteroatoms. The van der Waals surface area contributed by atoms with Crippen LogP contribution < -0.4 is 5.73 Å². The van der Waals surface area contributed by atoms with E-state index in [4.69, 9.17) is 17.3 Å². The summed E-state index contributed by atoms with van der Waals surface area (Å²) in [5.41, 5.74) is 9.38. The van der Waals surface area contributed by atoms with E-state index in [1.807, 2.05) is 31.3 Å². The Morgan fingerprint density at radius 1 is 1.14 bits per heavy atom. The first kappa shape index (κ1) is 16.0. The molecule has 0 aliphatic heterocycles. The zero-order valence-corrected chi connectivity index (χ0v) is 13.5. The molecular formula is C17H22ClN3. The Bertz CT molecular complexity index is 566. The van der Waals surface area contributed by atoms with Crippen LogP contribution in [0.15, 0.2) is 42.6 Å². The van der Waals surface area contributed by atoms with Crippen molar-refractivity contribution < 1.29 is 0 Å². The molecule has 2 atom stereocenters. The number of likely N-dealkylation sites (N-methyl/N-ethyl adjacent to an activating group) is 1. The molecule has 1 heterocycles. The Kier molecular flexibility index (Phi) is 5.34. The molecule has 0 amide bonds. The summed E-state index contributed by atoms with van der Waals surface area (Å²) in [6, 6.07) is 12.5. The monoisotopic (exact) mass is 303 g/mol. The van der Waals surface area contributed by atoms with Crippen LogP contribution in [0.4, 0.5) is 0 Å². The molecule has 0 bridgehead atoms. The van der Waals surface area contributed by atoms with Crippen LogP contribution in [0.1, 0.15) is 35.8 Å². The first-order valence-electron chi connectivity index (χ1n) is 7.13. The predicted molar refractivity (Wildman–Crippen MR) is 88.4 cm³/mol. The summed E-state index contributed by atoms with van der Waals surface area (Å²) in [4.78, 5) is 6.65. The second-order valence-corrected chi connectivity index (χ2v) is 5.81. The quantitative estimate of drug-likeness (QED) is 0.915. The Morgan fingerprint density at radius 3 is 2.29 bits per heavy atom. The van der Waals surface area contributed by atoms with Gasteiger partial charge in [-0.15, -0.1) is 0 Å². The highest BCUT2D eigenvalue weighted by Gasteiger charge is 2.21. The van der Waals surface area contributed by atoms with Crippen molar-refractivity contribution in [2.24, 2.45) is 5.73 Å². The lowest BCUT2D eigenvalue weighted by atomic mass is 10.0. The van der Waals surface area contributed by atoms with Crippen molar-refractivity contribution in [3.05, 3.63) is 64.4 Å². The number of rotatable bonds is 5. The maximum absolute atomic E-state index is 5.99. The van der Waals surface area contributed by atoms with Crippen LogP contribution in [0.5, 0.6) is 0 Å². The Labute approximate surface area is 131 Å². The fourth-order valence-corrected chi connectivity index (χ4v) is 2.59. The number of benzene rings is 1. The largest absolute Gasteiger partial charge is 0.329 e. The minimum Gasteiger partial charge on any atom is -0.329 e. The normalized spacial score (nSPS) is 14.2. The van der Waals surface area contributed by atoms with Crippen LogP contribution in [0, 0.1) is 6.92 Å². The highest BCUT2D eigenvalue weighted by molar-refractivity contribution is 6.30. The number of halogens is 1. The zero-order chi connectivity index (χ0) is 15.4. The van der Waals surface area contributed by atoms with E-state index in [-0.39, 0.29) is 12.1 Å². The summed E-state index contributed by atoms with van der Waals surface area (Å²) in [6.45, 7) is 4.72. The van der Waals surface area contributed by atoms with E-state index < -0.39 is 0 Å². The van der Waals surface area contributed by atoms with E-state index >= 15 is 0 Å². The molecule has 1 aromatic carbocycles. The lowest BCUT2D eigenvalue weighted by Crippen LogP contribution is -2.32. The average Bonchev–Trinajstić information content (AvgIpc) is 2.50. The Morgan fingerprint density at radius 2 is 1.76 bits per heavy atom. The van der Waals surface area contributed by atoms with Crippen LogP contribution in [0.2, 0.25) is 5.02 Å². The molecule has 2 unspecified atom stereocenters. The van der Waals surface area contributed by atoms with Gasteiger partial charge in [-0.1, -0.05) is 29.8 Å². The summed E-state index contributed by atoms with van der Waals surface area (Å²) in [5, 5.41) is 0.756. The molecule has 0 aliphatic rings. The van der Waals surface area contributed by atoms with Crippen molar-refractivity contribution in [3.8, 4) is 0 Å². The second-order valence-electron chi connectivity index (χ2n) is 5.38. The predicted octanol–water partition coefficient (Wildman–Crippen LogP) is 3.74. The van der Waals surface area contributed by atoms with Crippen molar-refractivity contribution in [1.82, 2.24) is 9.88 Å². The minimum atomic E-state index is 0.142. The van der Waals surface area contributed by atoms with Gasteiger partial charge in [0, 0.05) is 35.5 Å². The van der Waals surface area contributed by atoms with Crippen LogP contribution in [0.25, 0.3) is 0 Å². The van der Waals surface area contributed by atoms with Crippen molar-refractivity contribution in [3.63, 3.8) is 0 Å². The number of hydrogen-bond donors (Lipinski definition) is 1. The first-order chi connectivity index (χ1) is 10.0. The van der Waals surface area contributed by atoms with E-state index in [1.165, 1.54) is 5.56 Å². The van der Waals surface area contributed by atoms with Gasteiger partial charge in [0.1, 0.15) is 0 Å². The first-order valence-corrected chi connectivity index (χ1v) is 7.50. The van der Waals surface area contributed by atoms with Gasteiger partial charge in [0.2, 0.25) is 0 Å². The van der Waals surface area contributed by atoms with Gasteiger partial charge in [0.15, 0.2) is 0 Å². The van der Waals surface area contributed by atoms with Gasteiger partial charge >= 0.3 is 0 Å². The molecule has 0 saturated heterocycles. The van der Waals surface area contributed by atoms with Crippen LogP contribution in [-0.2, 0) is 0 Å². The highest BCUT2D eigenvalue weighted by Crippen LogP contribution is 2.28. The fourth-order valence-electron chi connectivity index (χ4n) is 2.46. The molecule has 2 rings (SSSR count). The number of nitrogens with two attached hydrogens (primary N) is 1. The maximum atomic E-state index is 5.99. The molecule has 0 aliphatic carbocycles. The fraction of sp³-hybridized carbons (Fsp3) is 0.353. The summed E-state index contributed by atoms with van der Waals surface area (Å²) < 4.78 is 0. The smallest absolute Gasteiger partial charge is 0.0488 e. The Hall–Kier alpha value is -1.42. The number of nitrogens with zero attached hydrogens (tertiary/aromatic N) is 2.